The predicted octanol–water partition coefficient (Wildman–Crippen LogP) is 0.640. The summed E-state index contributed by atoms with van der Waals surface area (Å²) in [5.41, 5.74) is -0.819. The van der Waals surface area contributed by atoms with E-state index in [0.717, 1.165) is 0 Å². The highest BCUT2D eigenvalue weighted by molar-refractivity contribution is 5.78. The molecule has 1 fully saturated rings. The molecule has 0 spiro atoms. The van der Waals surface area contributed by atoms with Crippen molar-refractivity contribution in [3.05, 3.63) is 0 Å². The average Bonchev–Trinajstić information content (AvgIpc) is 1.62. The number of ether oxygens (including phenoxy) is 1. The first-order valence-corrected chi connectivity index (χ1v) is 3.08. The molecule has 0 saturated carbocycles. The molecule has 52 valence electrons. The SMILES string of the molecule is CC[C@@]1(C(=O)O)CCO1. The van der Waals surface area contributed by atoms with Gasteiger partial charge in [0.05, 0.1) is 6.61 Å². The second kappa shape index (κ2) is 1.99. The van der Waals surface area contributed by atoms with Gasteiger partial charge in [-0.25, -0.2) is 4.79 Å². The molecule has 0 bridgehead atoms. The molecule has 9 heavy (non-hydrogen) atoms. The molecule has 0 aromatic carbocycles. The van der Waals surface area contributed by atoms with Crippen LogP contribution < -0.4 is 0 Å². The fourth-order valence-electron chi connectivity index (χ4n) is 0.947. The maximum absolute atomic E-state index is 10.4. The predicted molar refractivity (Wildman–Crippen MR) is 31.2 cm³/mol. The van der Waals surface area contributed by atoms with E-state index in [9.17, 15) is 4.79 Å². The van der Waals surface area contributed by atoms with E-state index in [1.165, 1.54) is 0 Å². The average molecular weight is 130 g/mol. The van der Waals surface area contributed by atoms with Crippen molar-refractivity contribution in [2.75, 3.05) is 6.61 Å². The van der Waals surface area contributed by atoms with Crippen LogP contribution >= 0.6 is 0 Å². The van der Waals surface area contributed by atoms with Crippen molar-refractivity contribution in [2.45, 2.75) is 25.4 Å². The van der Waals surface area contributed by atoms with Gasteiger partial charge in [0.15, 0.2) is 5.60 Å². The van der Waals surface area contributed by atoms with Crippen LogP contribution in [0.25, 0.3) is 0 Å². The highest BCUT2D eigenvalue weighted by atomic mass is 16.5. The summed E-state index contributed by atoms with van der Waals surface area (Å²) >= 11 is 0. The summed E-state index contributed by atoms with van der Waals surface area (Å²) < 4.78 is 4.93. The minimum atomic E-state index is -0.823. The standard InChI is InChI=1S/C6H10O3/c1-2-6(5(7)8)3-4-9-6/h2-4H2,1H3,(H,7,8)/t6-/m0/s1. The molecular formula is C6H10O3. The minimum absolute atomic E-state index is 0.572. The van der Waals surface area contributed by atoms with Crippen LogP contribution in [0.15, 0.2) is 0 Å². The number of hydrogen-bond donors (Lipinski definition) is 1. The molecule has 1 atom stereocenters. The first kappa shape index (κ1) is 6.55. The van der Waals surface area contributed by atoms with Crippen LogP contribution in [0.5, 0.6) is 0 Å². The molecule has 1 aliphatic heterocycles. The highest BCUT2D eigenvalue weighted by Gasteiger charge is 2.44. The van der Waals surface area contributed by atoms with Crippen molar-refractivity contribution in [3.8, 4) is 0 Å². The molecule has 1 aliphatic rings. The lowest BCUT2D eigenvalue weighted by Crippen LogP contribution is -2.50. The molecule has 1 heterocycles. The number of carbonyl (C=O) groups is 1. The normalized spacial score (nSPS) is 33.4. The molecule has 3 heteroatoms. The Hall–Kier alpha value is -0.570. The second-order valence-electron chi connectivity index (χ2n) is 2.25. The van der Waals surface area contributed by atoms with Crippen molar-refractivity contribution in [1.82, 2.24) is 0 Å². The summed E-state index contributed by atoms with van der Waals surface area (Å²) in [6.45, 7) is 2.42. The molecule has 1 N–H and O–H groups in total. The van der Waals surface area contributed by atoms with E-state index in [0.29, 0.717) is 19.4 Å². The van der Waals surface area contributed by atoms with E-state index in [1.807, 2.05) is 6.92 Å². The van der Waals surface area contributed by atoms with Gasteiger partial charge in [0.2, 0.25) is 0 Å². The van der Waals surface area contributed by atoms with Crippen LogP contribution in [-0.4, -0.2) is 23.3 Å². The van der Waals surface area contributed by atoms with Gasteiger partial charge < -0.3 is 9.84 Å². The zero-order chi connectivity index (χ0) is 6.91. The van der Waals surface area contributed by atoms with Gasteiger partial charge in [-0.15, -0.1) is 0 Å². The molecule has 0 aliphatic carbocycles. The fraction of sp³-hybridized carbons (Fsp3) is 0.833. The third-order valence-electron chi connectivity index (χ3n) is 1.85. The Labute approximate surface area is 53.6 Å². The van der Waals surface area contributed by atoms with Gasteiger partial charge in [-0.3, -0.25) is 0 Å². The topological polar surface area (TPSA) is 46.5 Å². The van der Waals surface area contributed by atoms with Crippen molar-refractivity contribution in [2.24, 2.45) is 0 Å². The maximum Gasteiger partial charge on any atom is 0.336 e. The molecule has 0 aromatic rings. The second-order valence-corrected chi connectivity index (χ2v) is 2.25. The van der Waals surface area contributed by atoms with Gasteiger partial charge in [0.25, 0.3) is 0 Å². The van der Waals surface area contributed by atoms with Gasteiger partial charge in [-0.1, -0.05) is 6.92 Å². The van der Waals surface area contributed by atoms with Crippen LogP contribution in [-0.2, 0) is 9.53 Å². The first-order chi connectivity index (χ1) is 4.21. The monoisotopic (exact) mass is 130 g/mol. The summed E-state index contributed by atoms with van der Waals surface area (Å²) in [5.74, 6) is -0.823. The molecule has 0 radical (unpaired) electrons. The molecule has 1 rings (SSSR count). The Morgan fingerprint density at radius 2 is 2.44 bits per heavy atom. The Kier molecular flexibility index (Phi) is 1.45. The summed E-state index contributed by atoms with van der Waals surface area (Å²) in [7, 11) is 0. The Morgan fingerprint density at radius 3 is 2.44 bits per heavy atom. The largest absolute Gasteiger partial charge is 0.479 e. The van der Waals surface area contributed by atoms with Crippen molar-refractivity contribution < 1.29 is 14.6 Å². The van der Waals surface area contributed by atoms with Gasteiger partial charge in [0.1, 0.15) is 0 Å². The number of aliphatic carboxylic acids is 1. The summed E-state index contributed by atoms with van der Waals surface area (Å²) in [6.07, 6.45) is 1.24. The highest BCUT2D eigenvalue weighted by Crippen LogP contribution is 2.29. The smallest absolute Gasteiger partial charge is 0.336 e. The van der Waals surface area contributed by atoms with Gasteiger partial charge >= 0.3 is 5.97 Å². The number of carboxylic acids is 1. The lowest BCUT2D eigenvalue weighted by molar-refractivity contribution is -0.194. The zero-order valence-electron chi connectivity index (χ0n) is 5.39. The minimum Gasteiger partial charge on any atom is -0.479 e. The van der Waals surface area contributed by atoms with E-state index in [-0.39, 0.29) is 0 Å². The zero-order valence-corrected chi connectivity index (χ0v) is 5.39. The van der Waals surface area contributed by atoms with Gasteiger partial charge in [-0.05, 0) is 6.42 Å². The van der Waals surface area contributed by atoms with E-state index in [2.05, 4.69) is 0 Å². The van der Waals surface area contributed by atoms with Crippen molar-refractivity contribution in [3.63, 3.8) is 0 Å². The quantitative estimate of drug-likeness (QED) is 0.596. The molecule has 0 unspecified atom stereocenters. The third kappa shape index (κ3) is 0.812. The third-order valence-corrected chi connectivity index (χ3v) is 1.85. The fourth-order valence-corrected chi connectivity index (χ4v) is 0.947. The Bertz CT molecular complexity index is 121. The van der Waals surface area contributed by atoms with E-state index < -0.39 is 11.6 Å². The van der Waals surface area contributed by atoms with Crippen LogP contribution in [0, 0.1) is 0 Å². The van der Waals surface area contributed by atoms with Crippen LogP contribution in [0.3, 0.4) is 0 Å². The van der Waals surface area contributed by atoms with Gasteiger partial charge in [0, 0.05) is 6.42 Å². The molecule has 0 aromatic heterocycles. The summed E-state index contributed by atoms with van der Waals surface area (Å²) in [5, 5.41) is 8.56. The number of carboxylic acid groups (broad SMARTS) is 1. The maximum atomic E-state index is 10.4. The molecule has 0 amide bonds. The lowest BCUT2D eigenvalue weighted by atomic mass is 9.92. The van der Waals surface area contributed by atoms with Crippen LogP contribution in [0.2, 0.25) is 0 Å². The van der Waals surface area contributed by atoms with Crippen molar-refractivity contribution >= 4 is 5.97 Å². The Balaban J connectivity index is 2.57. The van der Waals surface area contributed by atoms with E-state index >= 15 is 0 Å². The van der Waals surface area contributed by atoms with Crippen LogP contribution in [0.1, 0.15) is 19.8 Å². The van der Waals surface area contributed by atoms with Crippen molar-refractivity contribution in [1.29, 1.82) is 0 Å². The molecular weight excluding hydrogens is 120 g/mol. The molecule has 3 nitrogen and oxygen atoms in total. The Morgan fingerprint density at radius 1 is 1.89 bits per heavy atom. The summed E-state index contributed by atoms with van der Waals surface area (Å²) in [4.78, 5) is 10.4. The van der Waals surface area contributed by atoms with Gasteiger partial charge in [-0.2, -0.15) is 0 Å². The number of hydrogen-bond acceptors (Lipinski definition) is 2. The van der Waals surface area contributed by atoms with E-state index in [1.54, 1.807) is 0 Å². The lowest BCUT2D eigenvalue weighted by Gasteiger charge is -2.36. The first-order valence-electron chi connectivity index (χ1n) is 3.08. The van der Waals surface area contributed by atoms with E-state index in [4.69, 9.17) is 9.84 Å². The number of rotatable bonds is 2. The van der Waals surface area contributed by atoms with Crippen LogP contribution in [0.4, 0.5) is 0 Å². The summed E-state index contributed by atoms with van der Waals surface area (Å²) in [6, 6.07) is 0. The molecule has 1 saturated heterocycles.